The molecule has 1 heterocycles. The molecule has 0 aromatic rings. The number of likely N-dealkylation sites (N-methyl/N-ethyl adjacent to an activating group) is 1. The van der Waals surface area contributed by atoms with Crippen molar-refractivity contribution in [1.82, 2.24) is 14.9 Å². The van der Waals surface area contributed by atoms with Crippen LogP contribution in [0, 0.1) is 0 Å². The number of piperidine rings is 1. The summed E-state index contributed by atoms with van der Waals surface area (Å²) in [5.74, 6) is 0.129. The number of carbonyl (C=O) groups is 1. The number of likely N-dealkylation sites (tertiary alicyclic amines) is 1. The average Bonchev–Trinajstić information content (AvgIpc) is 2.19. The molecule has 0 saturated carbocycles. The van der Waals surface area contributed by atoms with E-state index in [0.29, 0.717) is 19.1 Å². The van der Waals surface area contributed by atoms with E-state index in [1.165, 1.54) is 0 Å². The van der Waals surface area contributed by atoms with E-state index in [-0.39, 0.29) is 5.91 Å². The number of thiol groups is 1. The van der Waals surface area contributed by atoms with Crippen LogP contribution in [0.2, 0.25) is 0 Å². The summed E-state index contributed by atoms with van der Waals surface area (Å²) in [7, 11) is 0. The minimum atomic E-state index is 0.129. The number of hydrogen-bond donors (Lipinski definition) is 3. The molecule has 4 nitrogen and oxygen atoms in total. The Hall–Kier alpha value is -0.260. The van der Waals surface area contributed by atoms with Crippen molar-refractivity contribution >= 4 is 18.7 Å². The molecule has 1 amide bonds. The van der Waals surface area contributed by atoms with Crippen molar-refractivity contribution in [1.29, 1.82) is 0 Å². The molecule has 82 valence electrons. The maximum Gasteiger partial charge on any atom is 0.234 e. The van der Waals surface area contributed by atoms with Crippen LogP contribution in [0.5, 0.6) is 0 Å². The monoisotopic (exact) mass is 217 g/mol. The molecule has 1 saturated heterocycles. The van der Waals surface area contributed by atoms with Gasteiger partial charge in [-0.2, -0.15) is 0 Å². The Bertz CT molecular complexity index is 181. The summed E-state index contributed by atoms with van der Waals surface area (Å²) in [4.78, 5) is 13.5. The van der Waals surface area contributed by atoms with Crippen LogP contribution in [0.15, 0.2) is 0 Å². The van der Waals surface area contributed by atoms with Crippen LogP contribution in [0.25, 0.3) is 0 Å². The summed E-state index contributed by atoms with van der Waals surface area (Å²) in [6, 6.07) is 0.504. The molecule has 0 aromatic heterocycles. The normalized spacial score (nSPS) is 19.6. The molecule has 2 N–H and O–H groups in total. The molecule has 1 fully saturated rings. The lowest BCUT2D eigenvalue weighted by Gasteiger charge is -2.30. The number of hydrogen-bond acceptors (Lipinski definition) is 4. The zero-order valence-corrected chi connectivity index (χ0v) is 9.52. The van der Waals surface area contributed by atoms with Gasteiger partial charge in [-0.3, -0.25) is 14.4 Å². The summed E-state index contributed by atoms with van der Waals surface area (Å²) in [6.07, 6.45) is 2.14. The van der Waals surface area contributed by atoms with Crippen LogP contribution in [0.3, 0.4) is 0 Å². The molecule has 14 heavy (non-hydrogen) atoms. The van der Waals surface area contributed by atoms with Crippen LogP contribution < -0.4 is 10.0 Å². The van der Waals surface area contributed by atoms with Gasteiger partial charge in [0.25, 0.3) is 0 Å². The van der Waals surface area contributed by atoms with Crippen LogP contribution in [-0.2, 0) is 4.79 Å². The van der Waals surface area contributed by atoms with Crippen molar-refractivity contribution in [3.05, 3.63) is 0 Å². The highest BCUT2D eigenvalue weighted by molar-refractivity contribution is 7.78. The minimum absolute atomic E-state index is 0.129. The molecule has 1 aliphatic rings. The van der Waals surface area contributed by atoms with E-state index < -0.39 is 0 Å². The fourth-order valence-corrected chi connectivity index (χ4v) is 1.93. The van der Waals surface area contributed by atoms with Gasteiger partial charge in [0.1, 0.15) is 0 Å². The lowest BCUT2D eigenvalue weighted by atomic mass is 10.1. The first kappa shape index (κ1) is 11.8. The molecule has 0 spiro atoms. The Morgan fingerprint density at radius 3 is 2.64 bits per heavy atom. The molecular formula is C9H19N3OS. The molecule has 0 unspecified atom stereocenters. The third-order valence-corrected chi connectivity index (χ3v) is 2.88. The SMILES string of the molecule is CCNC(=O)CN1CCC(NS)CC1. The Morgan fingerprint density at radius 1 is 1.50 bits per heavy atom. The molecular weight excluding hydrogens is 198 g/mol. The molecule has 5 heteroatoms. The van der Waals surface area contributed by atoms with Gasteiger partial charge in [-0.1, -0.05) is 12.8 Å². The quantitative estimate of drug-likeness (QED) is 0.582. The van der Waals surface area contributed by atoms with Crippen LogP contribution in [0.4, 0.5) is 0 Å². The van der Waals surface area contributed by atoms with E-state index in [9.17, 15) is 4.79 Å². The Morgan fingerprint density at radius 2 is 2.14 bits per heavy atom. The number of amides is 1. The summed E-state index contributed by atoms with van der Waals surface area (Å²) < 4.78 is 2.97. The predicted molar refractivity (Wildman–Crippen MR) is 60.3 cm³/mol. The third-order valence-electron chi connectivity index (χ3n) is 2.51. The van der Waals surface area contributed by atoms with E-state index >= 15 is 0 Å². The average molecular weight is 217 g/mol. The molecule has 0 bridgehead atoms. The number of carbonyl (C=O) groups excluding carboxylic acids is 1. The highest BCUT2D eigenvalue weighted by atomic mass is 32.1. The van der Waals surface area contributed by atoms with Crippen LogP contribution in [0.1, 0.15) is 19.8 Å². The van der Waals surface area contributed by atoms with Gasteiger partial charge in [-0.25, -0.2) is 0 Å². The van der Waals surface area contributed by atoms with Crippen molar-refractivity contribution < 1.29 is 4.79 Å². The van der Waals surface area contributed by atoms with Gasteiger partial charge in [0.15, 0.2) is 0 Å². The number of rotatable bonds is 4. The van der Waals surface area contributed by atoms with Crippen LogP contribution >= 0.6 is 12.8 Å². The summed E-state index contributed by atoms with van der Waals surface area (Å²) >= 11 is 4.05. The predicted octanol–water partition coefficient (Wildman–Crippen LogP) is 0.0213. The van der Waals surface area contributed by atoms with Crippen LogP contribution in [-0.4, -0.2) is 43.0 Å². The van der Waals surface area contributed by atoms with Gasteiger partial charge < -0.3 is 5.32 Å². The second-order valence-electron chi connectivity index (χ2n) is 3.63. The topological polar surface area (TPSA) is 44.4 Å². The first-order chi connectivity index (χ1) is 6.76. The van der Waals surface area contributed by atoms with E-state index in [2.05, 4.69) is 27.8 Å². The van der Waals surface area contributed by atoms with E-state index in [0.717, 1.165) is 25.9 Å². The lowest BCUT2D eigenvalue weighted by molar-refractivity contribution is -0.122. The van der Waals surface area contributed by atoms with Gasteiger partial charge in [0.05, 0.1) is 6.54 Å². The van der Waals surface area contributed by atoms with Gasteiger partial charge in [0.2, 0.25) is 5.91 Å². The molecule has 1 rings (SSSR count). The van der Waals surface area contributed by atoms with Gasteiger partial charge >= 0.3 is 0 Å². The Kier molecular flexibility index (Phi) is 5.29. The first-order valence-corrected chi connectivity index (χ1v) is 5.59. The largest absolute Gasteiger partial charge is 0.355 e. The fourth-order valence-electron chi connectivity index (χ4n) is 1.68. The standard InChI is InChI=1S/C9H19N3OS/c1-2-10-9(13)7-12-5-3-8(11-14)4-6-12/h8,11,14H,2-7H2,1H3,(H,10,13). The number of nitrogens with one attached hydrogen (secondary N) is 2. The zero-order valence-electron chi connectivity index (χ0n) is 8.62. The fraction of sp³-hybridized carbons (Fsp3) is 0.889. The minimum Gasteiger partial charge on any atom is -0.355 e. The molecule has 0 aliphatic carbocycles. The van der Waals surface area contributed by atoms with E-state index in [4.69, 9.17) is 0 Å². The van der Waals surface area contributed by atoms with Gasteiger partial charge in [-0.05, 0) is 19.8 Å². The lowest BCUT2D eigenvalue weighted by Crippen LogP contribution is -2.44. The molecule has 0 atom stereocenters. The van der Waals surface area contributed by atoms with Gasteiger partial charge in [0, 0.05) is 25.7 Å². The molecule has 0 radical (unpaired) electrons. The summed E-state index contributed by atoms with van der Waals surface area (Å²) in [5.41, 5.74) is 0. The van der Waals surface area contributed by atoms with Gasteiger partial charge in [-0.15, -0.1) is 0 Å². The van der Waals surface area contributed by atoms with E-state index in [1.807, 2.05) is 6.92 Å². The smallest absolute Gasteiger partial charge is 0.234 e. The Labute approximate surface area is 91.0 Å². The Balaban J connectivity index is 2.18. The highest BCUT2D eigenvalue weighted by Gasteiger charge is 2.19. The number of nitrogens with zero attached hydrogens (tertiary/aromatic N) is 1. The van der Waals surface area contributed by atoms with Crippen molar-refractivity contribution in [2.24, 2.45) is 0 Å². The second kappa shape index (κ2) is 6.27. The third kappa shape index (κ3) is 3.86. The van der Waals surface area contributed by atoms with Crippen molar-refractivity contribution in [3.8, 4) is 0 Å². The maximum atomic E-state index is 11.3. The maximum absolute atomic E-state index is 11.3. The molecule has 0 aromatic carbocycles. The van der Waals surface area contributed by atoms with Crippen molar-refractivity contribution in [3.63, 3.8) is 0 Å². The van der Waals surface area contributed by atoms with Crippen molar-refractivity contribution in [2.75, 3.05) is 26.2 Å². The van der Waals surface area contributed by atoms with Crippen molar-refractivity contribution in [2.45, 2.75) is 25.8 Å². The summed E-state index contributed by atoms with van der Waals surface area (Å²) in [6.45, 7) is 5.15. The van der Waals surface area contributed by atoms with E-state index in [1.54, 1.807) is 0 Å². The zero-order chi connectivity index (χ0) is 10.4. The summed E-state index contributed by atoms with van der Waals surface area (Å²) in [5, 5.41) is 2.81. The first-order valence-electron chi connectivity index (χ1n) is 5.15. The second-order valence-corrected chi connectivity index (χ2v) is 3.89. The molecule has 1 aliphatic heterocycles. The highest BCUT2D eigenvalue weighted by Crippen LogP contribution is 2.09.